The third-order valence-corrected chi connectivity index (χ3v) is 7.68. The maximum atomic E-state index is 13.7. The maximum absolute atomic E-state index is 13.7. The number of nitrogens with zero attached hydrogens (tertiary/aromatic N) is 3. The van der Waals surface area contributed by atoms with E-state index in [-0.39, 0.29) is 42.1 Å². The third-order valence-electron chi connectivity index (χ3n) is 7.43. The van der Waals surface area contributed by atoms with Crippen molar-refractivity contribution < 1.29 is 28.5 Å². The highest BCUT2D eigenvalue weighted by molar-refractivity contribution is 6.30. The number of ether oxygens (including phenoxy) is 2. The lowest BCUT2D eigenvalue weighted by atomic mass is 9.98. The summed E-state index contributed by atoms with van der Waals surface area (Å²) in [7, 11) is 2.92. The van der Waals surface area contributed by atoms with Crippen LogP contribution in [0.4, 0.5) is 5.69 Å². The highest BCUT2D eigenvalue weighted by Crippen LogP contribution is 2.44. The van der Waals surface area contributed by atoms with E-state index in [1.54, 1.807) is 37.5 Å². The average Bonchev–Trinajstić information content (AvgIpc) is 3.62. The number of halogens is 1. The van der Waals surface area contributed by atoms with Gasteiger partial charge in [-0.1, -0.05) is 60.1 Å². The highest BCUT2D eigenvalue weighted by Gasteiger charge is 2.44. The summed E-state index contributed by atoms with van der Waals surface area (Å²) >= 11 is 6.02. The van der Waals surface area contributed by atoms with Crippen LogP contribution in [0.5, 0.6) is 0 Å². The van der Waals surface area contributed by atoms with Crippen LogP contribution < -0.4 is 9.58 Å². The van der Waals surface area contributed by atoms with Crippen molar-refractivity contribution in [1.82, 2.24) is 5.10 Å². The smallest absolute Gasteiger partial charge is 0.308 e. The molecule has 206 valence electrons. The summed E-state index contributed by atoms with van der Waals surface area (Å²) in [5.41, 5.74) is 5.36. The number of carbonyl (C=O) groups excluding carboxylic acids is 3. The second-order valence-corrected chi connectivity index (χ2v) is 10.3. The zero-order valence-corrected chi connectivity index (χ0v) is 23.1. The number of amidine groups is 1. The Bertz CT molecular complexity index is 1670. The number of amides is 1. The fourth-order valence-corrected chi connectivity index (χ4v) is 5.55. The molecule has 9 nitrogen and oxygen atoms in total. The number of fused-ring (bicyclic) bond motifs is 3. The molecule has 3 aromatic carbocycles. The molecule has 2 heterocycles. The SMILES string of the molecule is COC(=O)CC1N=C(OCC2c3ccccc3-c3ccccc32)N(c2c[nH][n+](C)c2C(=O)c2ccc(Cl)cc2)C1=O. The van der Waals surface area contributed by atoms with Gasteiger partial charge in [-0.3, -0.25) is 14.4 Å². The standard InChI is InChI=1S/C31H25ClN4O5/c1-35-28(29(38)18-11-13-19(32)14-12-18)26(16-33-35)36-30(39)25(15-27(37)40-2)34-31(36)41-17-24-22-9-5-3-7-20(22)21-8-4-6-10-23(21)24/h3-14,16,24-25H,15,17H2,1-2H3/p+1. The van der Waals surface area contributed by atoms with Crippen LogP contribution in [0.3, 0.4) is 0 Å². The Morgan fingerprint density at radius 1 is 1.00 bits per heavy atom. The lowest BCUT2D eigenvalue weighted by Crippen LogP contribution is -2.41. The first kappa shape index (κ1) is 26.5. The Kier molecular flexibility index (Phi) is 6.88. The zero-order chi connectivity index (χ0) is 28.7. The van der Waals surface area contributed by atoms with Crippen LogP contribution in [0.1, 0.15) is 39.5 Å². The van der Waals surface area contributed by atoms with Crippen LogP contribution in [0, 0.1) is 0 Å². The molecule has 1 aromatic heterocycles. The molecule has 0 bridgehead atoms. The quantitative estimate of drug-likeness (QED) is 0.204. The van der Waals surface area contributed by atoms with Crippen LogP contribution in [-0.4, -0.2) is 48.5 Å². The molecule has 0 radical (unpaired) electrons. The molecular weight excluding hydrogens is 544 g/mol. The first-order valence-corrected chi connectivity index (χ1v) is 13.4. The lowest BCUT2D eigenvalue weighted by Gasteiger charge is -2.20. The maximum Gasteiger partial charge on any atom is 0.308 e. The van der Waals surface area contributed by atoms with Crippen LogP contribution in [0.15, 0.2) is 84.0 Å². The summed E-state index contributed by atoms with van der Waals surface area (Å²) in [4.78, 5) is 45.2. The van der Waals surface area contributed by atoms with Crippen molar-refractivity contribution in [2.24, 2.45) is 12.0 Å². The normalized spacial score (nSPS) is 15.9. The predicted molar refractivity (Wildman–Crippen MR) is 152 cm³/mol. The van der Waals surface area contributed by atoms with Gasteiger partial charge in [-0.05, 0) is 46.5 Å². The fraction of sp³-hybridized carbons (Fsp3) is 0.194. The number of H-pyrrole nitrogens is 1. The molecule has 2 aliphatic rings. The van der Waals surface area contributed by atoms with E-state index in [4.69, 9.17) is 21.1 Å². The van der Waals surface area contributed by atoms with E-state index in [9.17, 15) is 14.4 Å². The molecule has 1 N–H and O–H groups in total. The van der Waals surface area contributed by atoms with E-state index < -0.39 is 17.9 Å². The van der Waals surface area contributed by atoms with Gasteiger partial charge in [0.05, 0.1) is 19.7 Å². The van der Waals surface area contributed by atoms with E-state index >= 15 is 0 Å². The number of aromatic amines is 1. The first-order valence-electron chi connectivity index (χ1n) is 13.0. The summed E-state index contributed by atoms with van der Waals surface area (Å²) in [5, 5.41) is 3.48. The van der Waals surface area contributed by atoms with E-state index in [0.29, 0.717) is 10.6 Å². The molecule has 1 atom stereocenters. The summed E-state index contributed by atoms with van der Waals surface area (Å²) < 4.78 is 12.6. The molecule has 1 amide bonds. The Morgan fingerprint density at radius 2 is 1.63 bits per heavy atom. The fourth-order valence-electron chi connectivity index (χ4n) is 5.42. The Morgan fingerprint density at radius 3 is 2.27 bits per heavy atom. The van der Waals surface area contributed by atoms with Crippen LogP contribution in [0.2, 0.25) is 5.02 Å². The lowest BCUT2D eigenvalue weighted by molar-refractivity contribution is -0.728. The Hall–Kier alpha value is -4.76. The monoisotopic (exact) mass is 569 g/mol. The summed E-state index contributed by atoms with van der Waals surface area (Å²) in [6, 6.07) is 21.7. The van der Waals surface area contributed by atoms with E-state index in [1.807, 2.05) is 24.3 Å². The molecule has 10 heteroatoms. The van der Waals surface area contributed by atoms with Gasteiger partial charge in [0.15, 0.2) is 12.7 Å². The Balaban J connectivity index is 1.36. The number of nitrogens with one attached hydrogen (secondary N) is 1. The number of methoxy groups -OCH3 is 1. The van der Waals surface area contributed by atoms with E-state index in [1.165, 1.54) is 16.7 Å². The molecule has 4 aromatic rings. The van der Waals surface area contributed by atoms with E-state index in [0.717, 1.165) is 22.3 Å². The number of benzene rings is 3. The van der Waals surface area contributed by atoms with Gasteiger partial charge in [0, 0.05) is 16.5 Å². The summed E-state index contributed by atoms with van der Waals surface area (Å²) in [5.74, 6) is -1.51. The Labute approximate surface area is 241 Å². The molecular formula is C31H26ClN4O5+. The van der Waals surface area contributed by atoms with Gasteiger partial charge < -0.3 is 9.47 Å². The topological polar surface area (TPSA) is 105 Å². The van der Waals surface area contributed by atoms with Crippen molar-refractivity contribution in [3.63, 3.8) is 0 Å². The molecule has 0 saturated heterocycles. The summed E-state index contributed by atoms with van der Waals surface area (Å²) in [6.45, 7) is 0.193. The van der Waals surface area contributed by atoms with Crippen LogP contribution in [-0.2, 0) is 26.1 Å². The van der Waals surface area contributed by atoms with Crippen molar-refractivity contribution >= 4 is 41.0 Å². The molecule has 0 fully saturated rings. The highest BCUT2D eigenvalue weighted by atomic mass is 35.5. The number of rotatable bonds is 7. The van der Waals surface area contributed by atoms with Crippen molar-refractivity contribution in [1.29, 1.82) is 0 Å². The van der Waals surface area contributed by atoms with Crippen molar-refractivity contribution in [2.75, 3.05) is 18.6 Å². The molecule has 1 aliphatic carbocycles. The van der Waals surface area contributed by atoms with Crippen molar-refractivity contribution in [2.45, 2.75) is 18.4 Å². The second-order valence-electron chi connectivity index (χ2n) is 9.82. The molecule has 1 unspecified atom stereocenters. The average molecular weight is 570 g/mol. The summed E-state index contributed by atoms with van der Waals surface area (Å²) in [6.07, 6.45) is 1.28. The van der Waals surface area contributed by atoms with Gasteiger partial charge in [-0.2, -0.15) is 5.10 Å². The van der Waals surface area contributed by atoms with Crippen LogP contribution >= 0.6 is 11.6 Å². The molecule has 6 rings (SSSR count). The van der Waals surface area contributed by atoms with Crippen LogP contribution in [0.25, 0.3) is 11.1 Å². The number of aromatic nitrogens is 2. The van der Waals surface area contributed by atoms with Gasteiger partial charge in [-0.25, -0.2) is 9.89 Å². The van der Waals surface area contributed by atoms with E-state index in [2.05, 4.69) is 34.4 Å². The second kappa shape index (κ2) is 10.7. The zero-order valence-electron chi connectivity index (χ0n) is 22.3. The number of anilines is 1. The first-order chi connectivity index (χ1) is 19.9. The number of hydrogen-bond donors (Lipinski definition) is 1. The van der Waals surface area contributed by atoms with Crippen molar-refractivity contribution in [3.8, 4) is 11.1 Å². The minimum Gasteiger partial charge on any atom is -0.469 e. The molecule has 0 saturated carbocycles. The molecule has 1 aliphatic heterocycles. The van der Waals surface area contributed by atoms with Gasteiger partial charge in [0.2, 0.25) is 0 Å². The molecule has 41 heavy (non-hydrogen) atoms. The van der Waals surface area contributed by atoms with Gasteiger partial charge in [0.1, 0.15) is 12.6 Å². The number of aryl methyl sites for hydroxylation is 1. The van der Waals surface area contributed by atoms with Gasteiger partial charge >= 0.3 is 11.7 Å². The largest absolute Gasteiger partial charge is 0.469 e. The number of hydrogen-bond acceptors (Lipinski definition) is 6. The number of carbonyl (C=O) groups is 3. The van der Waals surface area contributed by atoms with Gasteiger partial charge in [-0.15, -0.1) is 4.68 Å². The number of aliphatic imine (C=N–C) groups is 1. The van der Waals surface area contributed by atoms with Gasteiger partial charge in [0.25, 0.3) is 17.7 Å². The number of esters is 1. The minimum absolute atomic E-state index is 0.00974. The molecule has 0 spiro atoms. The number of ketones is 1. The van der Waals surface area contributed by atoms with Crippen molar-refractivity contribution in [3.05, 3.63) is 106 Å². The third kappa shape index (κ3) is 4.68. The minimum atomic E-state index is -1.06. The predicted octanol–water partition coefficient (Wildman–Crippen LogP) is 4.19.